The van der Waals surface area contributed by atoms with Crippen molar-refractivity contribution in [1.82, 2.24) is 20.0 Å². The summed E-state index contributed by atoms with van der Waals surface area (Å²) < 4.78 is 0. The van der Waals surface area contributed by atoms with Gasteiger partial charge in [-0.25, -0.2) is 0 Å². The fraction of sp³-hybridized carbons (Fsp3) is 0.333. The van der Waals surface area contributed by atoms with Crippen molar-refractivity contribution in [1.29, 1.82) is 0 Å². The monoisotopic (exact) mass is 339 g/mol. The average Bonchev–Trinajstić information content (AvgIpc) is 2.65. The molecule has 0 atom stereocenters. The Bertz CT molecular complexity index is 747. The Balaban J connectivity index is 1.68. The standard InChI is InChI=1S/C18H21N5O2/c1-13-4-3-5-14(2)17(13)19-16-7-6-15(20-21-16)18(25)23-10-8-22(12-24)9-11-23/h3-7,12H,8-11H2,1-2H3,(H,19,21). The van der Waals surface area contributed by atoms with Gasteiger partial charge in [0.2, 0.25) is 6.41 Å². The fourth-order valence-electron chi connectivity index (χ4n) is 2.85. The third-order valence-corrected chi connectivity index (χ3v) is 4.37. The maximum absolute atomic E-state index is 12.5. The molecule has 1 aromatic heterocycles. The fourth-order valence-corrected chi connectivity index (χ4v) is 2.85. The van der Waals surface area contributed by atoms with Crippen molar-refractivity contribution >= 4 is 23.8 Å². The normalized spacial score (nSPS) is 14.3. The molecule has 130 valence electrons. The van der Waals surface area contributed by atoms with Crippen LogP contribution in [0, 0.1) is 13.8 Å². The highest BCUT2D eigenvalue weighted by molar-refractivity contribution is 5.92. The lowest BCUT2D eigenvalue weighted by atomic mass is 10.1. The van der Waals surface area contributed by atoms with Crippen molar-refractivity contribution in [2.75, 3.05) is 31.5 Å². The van der Waals surface area contributed by atoms with Gasteiger partial charge in [-0.05, 0) is 37.1 Å². The predicted molar refractivity (Wildman–Crippen MR) is 94.8 cm³/mol. The van der Waals surface area contributed by atoms with Crippen molar-refractivity contribution in [3.05, 3.63) is 47.2 Å². The van der Waals surface area contributed by atoms with Gasteiger partial charge in [-0.2, -0.15) is 0 Å². The number of aromatic nitrogens is 2. The molecule has 0 saturated carbocycles. The molecule has 2 amide bonds. The number of aryl methyl sites for hydroxylation is 2. The molecule has 7 heteroatoms. The van der Waals surface area contributed by atoms with Gasteiger partial charge in [0.15, 0.2) is 11.5 Å². The summed E-state index contributed by atoms with van der Waals surface area (Å²) in [6.45, 7) is 6.19. The molecule has 1 aliphatic heterocycles. The first-order valence-electron chi connectivity index (χ1n) is 8.24. The molecular formula is C18H21N5O2. The van der Waals surface area contributed by atoms with E-state index < -0.39 is 0 Å². The van der Waals surface area contributed by atoms with Gasteiger partial charge < -0.3 is 15.1 Å². The van der Waals surface area contributed by atoms with Gasteiger partial charge in [0, 0.05) is 31.9 Å². The van der Waals surface area contributed by atoms with Crippen LogP contribution in [-0.4, -0.2) is 58.5 Å². The van der Waals surface area contributed by atoms with E-state index >= 15 is 0 Å². The maximum atomic E-state index is 12.5. The topological polar surface area (TPSA) is 78.4 Å². The molecule has 0 spiro atoms. The molecule has 1 fully saturated rings. The Morgan fingerprint density at radius 1 is 1.04 bits per heavy atom. The van der Waals surface area contributed by atoms with E-state index in [1.165, 1.54) is 0 Å². The average molecular weight is 339 g/mol. The Morgan fingerprint density at radius 2 is 1.72 bits per heavy atom. The molecule has 2 aromatic rings. The number of rotatable bonds is 4. The number of para-hydroxylation sites is 1. The number of anilines is 2. The van der Waals surface area contributed by atoms with Crippen molar-refractivity contribution < 1.29 is 9.59 Å². The molecule has 1 saturated heterocycles. The third-order valence-electron chi connectivity index (χ3n) is 4.37. The summed E-state index contributed by atoms with van der Waals surface area (Å²) in [7, 11) is 0. The van der Waals surface area contributed by atoms with Crippen LogP contribution in [0.15, 0.2) is 30.3 Å². The summed E-state index contributed by atoms with van der Waals surface area (Å²) in [5.74, 6) is 0.441. The van der Waals surface area contributed by atoms with E-state index in [0.717, 1.165) is 23.2 Å². The van der Waals surface area contributed by atoms with E-state index in [2.05, 4.69) is 15.5 Å². The van der Waals surface area contributed by atoms with E-state index in [4.69, 9.17) is 0 Å². The van der Waals surface area contributed by atoms with Crippen LogP contribution in [-0.2, 0) is 4.79 Å². The van der Waals surface area contributed by atoms with Crippen LogP contribution in [0.4, 0.5) is 11.5 Å². The molecule has 1 aromatic carbocycles. The summed E-state index contributed by atoms with van der Waals surface area (Å²) in [6, 6.07) is 9.50. The van der Waals surface area contributed by atoms with Crippen molar-refractivity contribution in [2.45, 2.75) is 13.8 Å². The molecule has 1 N–H and O–H groups in total. The van der Waals surface area contributed by atoms with Crippen molar-refractivity contribution in [3.8, 4) is 0 Å². The van der Waals surface area contributed by atoms with Crippen LogP contribution in [0.2, 0.25) is 0 Å². The Kier molecular flexibility index (Phi) is 4.92. The molecule has 0 radical (unpaired) electrons. The van der Waals surface area contributed by atoms with E-state index in [1.54, 1.807) is 21.9 Å². The highest BCUT2D eigenvalue weighted by Gasteiger charge is 2.22. The zero-order valence-corrected chi connectivity index (χ0v) is 14.4. The van der Waals surface area contributed by atoms with Crippen LogP contribution >= 0.6 is 0 Å². The number of amides is 2. The largest absolute Gasteiger partial charge is 0.342 e. The van der Waals surface area contributed by atoms with Crippen molar-refractivity contribution in [2.24, 2.45) is 0 Å². The lowest BCUT2D eigenvalue weighted by Crippen LogP contribution is -2.48. The van der Waals surface area contributed by atoms with E-state index in [-0.39, 0.29) is 5.91 Å². The molecule has 25 heavy (non-hydrogen) atoms. The van der Waals surface area contributed by atoms with Gasteiger partial charge in [-0.15, -0.1) is 10.2 Å². The summed E-state index contributed by atoms with van der Waals surface area (Å²) in [6.07, 6.45) is 0.815. The van der Waals surface area contributed by atoms with E-state index in [1.807, 2.05) is 32.0 Å². The highest BCUT2D eigenvalue weighted by atomic mass is 16.2. The van der Waals surface area contributed by atoms with Crippen molar-refractivity contribution in [3.63, 3.8) is 0 Å². The second-order valence-corrected chi connectivity index (χ2v) is 6.13. The van der Waals surface area contributed by atoms with Crippen LogP contribution < -0.4 is 5.32 Å². The summed E-state index contributed by atoms with van der Waals surface area (Å²) >= 11 is 0. The van der Waals surface area contributed by atoms with Gasteiger partial charge in [-0.1, -0.05) is 18.2 Å². The lowest BCUT2D eigenvalue weighted by Gasteiger charge is -2.32. The van der Waals surface area contributed by atoms with Gasteiger partial charge >= 0.3 is 0 Å². The van der Waals surface area contributed by atoms with Crippen LogP contribution in [0.25, 0.3) is 0 Å². The maximum Gasteiger partial charge on any atom is 0.274 e. The summed E-state index contributed by atoms with van der Waals surface area (Å²) in [4.78, 5) is 26.6. The molecule has 0 bridgehead atoms. The van der Waals surface area contributed by atoms with E-state index in [0.29, 0.717) is 37.7 Å². The first kappa shape index (κ1) is 16.9. The van der Waals surface area contributed by atoms with Gasteiger partial charge in [0.25, 0.3) is 5.91 Å². The number of hydrogen-bond donors (Lipinski definition) is 1. The Hall–Kier alpha value is -2.96. The minimum Gasteiger partial charge on any atom is -0.342 e. The minimum atomic E-state index is -0.156. The van der Waals surface area contributed by atoms with Gasteiger partial charge in [0.05, 0.1) is 0 Å². The molecular weight excluding hydrogens is 318 g/mol. The number of benzene rings is 1. The van der Waals surface area contributed by atoms with Crippen LogP contribution in [0.3, 0.4) is 0 Å². The molecule has 0 aliphatic carbocycles. The lowest BCUT2D eigenvalue weighted by molar-refractivity contribution is -0.119. The van der Waals surface area contributed by atoms with Crippen LogP contribution in [0.1, 0.15) is 21.6 Å². The zero-order valence-electron chi connectivity index (χ0n) is 14.4. The third kappa shape index (κ3) is 3.76. The first-order chi connectivity index (χ1) is 12.1. The Morgan fingerprint density at radius 3 is 2.28 bits per heavy atom. The Labute approximate surface area is 146 Å². The van der Waals surface area contributed by atoms with Gasteiger partial charge in [-0.3, -0.25) is 9.59 Å². The quantitative estimate of drug-likeness (QED) is 0.859. The second-order valence-electron chi connectivity index (χ2n) is 6.13. The number of nitrogens with zero attached hydrogens (tertiary/aromatic N) is 4. The second kappa shape index (κ2) is 7.29. The number of hydrogen-bond acceptors (Lipinski definition) is 5. The summed E-state index contributed by atoms with van der Waals surface area (Å²) in [5.41, 5.74) is 3.55. The number of carbonyl (C=O) groups is 2. The highest BCUT2D eigenvalue weighted by Crippen LogP contribution is 2.23. The zero-order chi connectivity index (χ0) is 17.8. The van der Waals surface area contributed by atoms with Gasteiger partial charge in [0.1, 0.15) is 0 Å². The molecule has 2 heterocycles. The molecule has 3 rings (SSSR count). The summed E-state index contributed by atoms with van der Waals surface area (Å²) in [5, 5.41) is 11.4. The molecule has 0 unspecified atom stereocenters. The number of carbonyl (C=O) groups excluding carboxylic acids is 2. The first-order valence-corrected chi connectivity index (χ1v) is 8.24. The minimum absolute atomic E-state index is 0.156. The smallest absolute Gasteiger partial charge is 0.274 e. The molecule has 7 nitrogen and oxygen atoms in total. The SMILES string of the molecule is Cc1cccc(C)c1Nc1ccc(C(=O)N2CCN(C=O)CC2)nn1. The number of nitrogens with one attached hydrogen (secondary N) is 1. The number of piperazine rings is 1. The predicted octanol–water partition coefficient (Wildman–Crippen LogP) is 1.75. The molecule has 1 aliphatic rings. The van der Waals surface area contributed by atoms with Crippen LogP contribution in [0.5, 0.6) is 0 Å². The van der Waals surface area contributed by atoms with E-state index in [9.17, 15) is 9.59 Å².